The van der Waals surface area contributed by atoms with E-state index in [9.17, 15) is 22.6 Å². The molecule has 0 aliphatic carbocycles. The molecule has 10 nitrogen and oxygen atoms in total. The molecule has 2 amide bonds. The van der Waals surface area contributed by atoms with Crippen LogP contribution in [0.1, 0.15) is 63.8 Å². The van der Waals surface area contributed by atoms with Crippen LogP contribution in [0.25, 0.3) is 0 Å². The van der Waals surface area contributed by atoms with E-state index in [1.165, 1.54) is 6.07 Å². The lowest BCUT2D eigenvalue weighted by Crippen LogP contribution is -2.45. The van der Waals surface area contributed by atoms with Crippen LogP contribution >= 0.6 is 15.9 Å². The second kappa shape index (κ2) is 12.5. The molecule has 0 fully saturated rings. The summed E-state index contributed by atoms with van der Waals surface area (Å²) in [5.74, 6) is -0.383. The minimum atomic E-state index is -4.35. The van der Waals surface area contributed by atoms with E-state index >= 15 is 0 Å². The van der Waals surface area contributed by atoms with Crippen LogP contribution in [0.15, 0.2) is 50.8 Å². The highest BCUT2D eigenvalue weighted by atomic mass is 79.9. The molecule has 2 aromatic carbocycles. The molecule has 0 aromatic heterocycles. The number of hydrogen-bond donors (Lipinski definition) is 2. The number of halogens is 1. The number of aliphatic imine (C=N–C) groups is 1. The third-order valence-corrected chi connectivity index (χ3v) is 6.80. The fourth-order valence-electron chi connectivity index (χ4n) is 3.47. The molecule has 0 bridgehead atoms. The number of nitrogens with zero attached hydrogens (tertiary/aromatic N) is 2. The van der Waals surface area contributed by atoms with Crippen molar-refractivity contribution < 1.29 is 32.0 Å². The van der Waals surface area contributed by atoms with Crippen LogP contribution in [0.3, 0.4) is 0 Å². The zero-order chi connectivity index (χ0) is 29.8. The zero-order valence-electron chi connectivity index (χ0n) is 23.2. The maximum Gasteiger partial charge on any atom is 0.437 e. The van der Waals surface area contributed by atoms with Crippen molar-refractivity contribution in [3.8, 4) is 0 Å². The Hall–Kier alpha value is -2.96. The number of ether oxygens (including phenoxy) is 2. The predicted octanol–water partition coefficient (Wildman–Crippen LogP) is 5.78. The third kappa shape index (κ3) is 10.6. The summed E-state index contributed by atoms with van der Waals surface area (Å²) in [6.45, 7) is 12.0. The molecule has 0 unspecified atom stereocenters. The standard InChI is InChI=1S/C27H36BrN3O7S/c1-17-8-13-22(39(34,35)36)19(14-17)11-9-18-10-12-20(21(28)15-18)16-31(25(33)38-27(5,6)7)23(29)30-24(32)37-26(2,3)4/h8,10,12-15H,9,11,16H2,1-7H3,(H2,29,30,32)(H,34,35,36). The van der Waals surface area contributed by atoms with Crippen molar-refractivity contribution in [2.75, 3.05) is 0 Å². The van der Waals surface area contributed by atoms with Gasteiger partial charge in [-0.05, 0) is 90.1 Å². The largest absolute Gasteiger partial charge is 0.443 e. The highest BCUT2D eigenvalue weighted by Crippen LogP contribution is 2.24. The average Bonchev–Trinajstić information content (AvgIpc) is 2.73. The predicted molar refractivity (Wildman–Crippen MR) is 152 cm³/mol. The van der Waals surface area contributed by atoms with E-state index < -0.39 is 33.5 Å². The first-order chi connectivity index (χ1) is 17.7. The summed E-state index contributed by atoms with van der Waals surface area (Å²) in [6.07, 6.45) is -0.866. The second-order valence-corrected chi connectivity index (χ2v) is 13.3. The van der Waals surface area contributed by atoms with Crippen molar-refractivity contribution in [2.45, 2.75) is 84.0 Å². The SMILES string of the molecule is Cc1ccc(S(=O)(=O)O)c(CCc2ccc(CN(C(=O)OC(C)(C)C)C(N)=NC(=O)OC(C)(C)C)c(Br)c2)c1. The Bertz CT molecular complexity index is 1360. The Labute approximate surface area is 238 Å². The van der Waals surface area contributed by atoms with Crippen molar-refractivity contribution in [3.63, 3.8) is 0 Å². The molecule has 0 aliphatic rings. The Morgan fingerprint density at radius 2 is 1.59 bits per heavy atom. The Kier molecular flexibility index (Phi) is 10.3. The summed E-state index contributed by atoms with van der Waals surface area (Å²) in [7, 11) is -4.35. The van der Waals surface area contributed by atoms with Gasteiger partial charge < -0.3 is 15.2 Å². The third-order valence-electron chi connectivity index (χ3n) is 5.11. The quantitative estimate of drug-likeness (QED) is 0.233. The van der Waals surface area contributed by atoms with Gasteiger partial charge in [0.15, 0.2) is 0 Å². The van der Waals surface area contributed by atoms with Gasteiger partial charge in [0.05, 0.1) is 11.4 Å². The van der Waals surface area contributed by atoms with Crippen LogP contribution in [-0.2, 0) is 39.0 Å². The first kappa shape index (κ1) is 32.3. The molecule has 0 heterocycles. The van der Waals surface area contributed by atoms with E-state index in [-0.39, 0.29) is 17.4 Å². The van der Waals surface area contributed by atoms with Crippen molar-refractivity contribution in [2.24, 2.45) is 10.7 Å². The maximum absolute atomic E-state index is 13.0. The lowest BCUT2D eigenvalue weighted by Gasteiger charge is -2.27. The normalized spacial score (nSPS) is 12.7. The number of aryl methyl sites for hydroxylation is 3. The summed E-state index contributed by atoms with van der Waals surface area (Å²) in [5.41, 5.74) is 7.36. The molecule has 0 spiro atoms. The molecule has 0 saturated heterocycles. The van der Waals surface area contributed by atoms with Gasteiger partial charge in [-0.25, -0.2) is 14.5 Å². The van der Waals surface area contributed by atoms with Gasteiger partial charge >= 0.3 is 12.2 Å². The van der Waals surface area contributed by atoms with Crippen molar-refractivity contribution in [3.05, 3.63) is 63.1 Å². The Balaban J connectivity index is 2.30. The van der Waals surface area contributed by atoms with Gasteiger partial charge in [-0.15, -0.1) is 4.99 Å². The summed E-state index contributed by atoms with van der Waals surface area (Å²) in [5, 5.41) is 0. The molecular weight excluding hydrogens is 590 g/mol. The molecular formula is C27H36BrN3O7S. The highest BCUT2D eigenvalue weighted by Gasteiger charge is 2.27. The van der Waals surface area contributed by atoms with Crippen LogP contribution in [0.5, 0.6) is 0 Å². The number of nitrogens with two attached hydrogens (primary N) is 1. The molecule has 0 atom stereocenters. The highest BCUT2D eigenvalue weighted by molar-refractivity contribution is 9.10. The van der Waals surface area contributed by atoms with E-state index in [4.69, 9.17) is 15.2 Å². The van der Waals surface area contributed by atoms with Gasteiger partial charge in [-0.3, -0.25) is 4.55 Å². The number of rotatable bonds is 6. The van der Waals surface area contributed by atoms with Crippen molar-refractivity contribution in [1.82, 2.24) is 4.90 Å². The van der Waals surface area contributed by atoms with Gasteiger partial charge in [0.1, 0.15) is 11.2 Å². The number of hydrogen-bond acceptors (Lipinski definition) is 6. The smallest absolute Gasteiger partial charge is 0.437 e. The van der Waals surface area contributed by atoms with Crippen molar-refractivity contribution in [1.29, 1.82) is 0 Å². The van der Waals surface area contributed by atoms with E-state index in [0.29, 0.717) is 28.4 Å². The molecule has 2 rings (SSSR count). The summed E-state index contributed by atoms with van der Waals surface area (Å²) in [4.78, 5) is 29.8. The lowest BCUT2D eigenvalue weighted by atomic mass is 10.0. The van der Waals surface area contributed by atoms with Gasteiger partial charge in [0.2, 0.25) is 5.96 Å². The van der Waals surface area contributed by atoms with Gasteiger partial charge in [-0.1, -0.05) is 45.8 Å². The van der Waals surface area contributed by atoms with Crippen molar-refractivity contribution >= 4 is 44.2 Å². The van der Waals surface area contributed by atoms with E-state index in [1.54, 1.807) is 59.7 Å². The molecule has 0 radical (unpaired) electrons. The first-order valence-corrected chi connectivity index (χ1v) is 14.4. The van der Waals surface area contributed by atoms with Crippen LogP contribution < -0.4 is 5.73 Å². The fraction of sp³-hybridized carbons (Fsp3) is 0.444. The average molecular weight is 627 g/mol. The van der Waals surface area contributed by atoms with Crippen LogP contribution in [0.4, 0.5) is 9.59 Å². The summed E-state index contributed by atoms with van der Waals surface area (Å²) >= 11 is 3.52. The second-order valence-electron chi connectivity index (χ2n) is 11.0. The zero-order valence-corrected chi connectivity index (χ0v) is 25.6. The summed E-state index contributed by atoms with van der Waals surface area (Å²) < 4.78 is 44.4. The van der Waals surface area contributed by atoms with E-state index in [0.717, 1.165) is 16.0 Å². The van der Waals surface area contributed by atoms with Crippen LogP contribution in [0, 0.1) is 6.92 Å². The molecule has 214 valence electrons. The Morgan fingerprint density at radius 3 is 2.13 bits per heavy atom. The number of benzene rings is 2. The topological polar surface area (TPSA) is 149 Å². The van der Waals surface area contributed by atoms with Gasteiger partial charge in [0, 0.05) is 4.47 Å². The molecule has 3 N–H and O–H groups in total. The van der Waals surface area contributed by atoms with E-state index in [2.05, 4.69) is 20.9 Å². The molecule has 0 saturated carbocycles. The molecule has 39 heavy (non-hydrogen) atoms. The molecule has 0 aliphatic heterocycles. The molecule has 2 aromatic rings. The number of guanidine groups is 1. The number of carbonyl (C=O) groups excluding carboxylic acids is 2. The summed E-state index contributed by atoms with van der Waals surface area (Å²) in [6, 6.07) is 10.2. The Morgan fingerprint density at radius 1 is 0.974 bits per heavy atom. The number of carbonyl (C=O) groups is 2. The lowest BCUT2D eigenvalue weighted by molar-refractivity contribution is 0.0355. The minimum Gasteiger partial charge on any atom is -0.443 e. The maximum atomic E-state index is 13.0. The van der Waals surface area contributed by atoms with Gasteiger partial charge in [-0.2, -0.15) is 8.42 Å². The van der Waals surface area contributed by atoms with E-state index in [1.807, 2.05) is 19.1 Å². The van der Waals surface area contributed by atoms with Gasteiger partial charge in [0.25, 0.3) is 10.1 Å². The van der Waals surface area contributed by atoms with Crippen LogP contribution in [0.2, 0.25) is 0 Å². The van der Waals surface area contributed by atoms with Crippen LogP contribution in [-0.4, -0.2) is 47.2 Å². The minimum absolute atomic E-state index is 0.0569. The molecule has 12 heteroatoms. The first-order valence-electron chi connectivity index (χ1n) is 12.2. The number of amides is 2. The fourth-order valence-corrected chi connectivity index (χ4v) is 4.76. The monoisotopic (exact) mass is 625 g/mol.